The van der Waals surface area contributed by atoms with Crippen LogP contribution in [-0.4, -0.2) is 83.6 Å². The van der Waals surface area contributed by atoms with Crippen LogP contribution in [0.2, 0.25) is 0 Å². The predicted molar refractivity (Wildman–Crippen MR) is 170 cm³/mol. The highest BCUT2D eigenvalue weighted by Gasteiger charge is 2.41. The molecule has 45 heavy (non-hydrogen) atoms. The van der Waals surface area contributed by atoms with Crippen molar-refractivity contribution in [2.75, 3.05) is 36.8 Å². The maximum atomic E-state index is 13.5. The summed E-state index contributed by atoms with van der Waals surface area (Å²) in [4.78, 5) is 54.9. The number of urea groups is 1. The SMILES string of the molecule is CCN(CC)c1ccc2c(c1)OC(C(C)(C)C)=C/C2=C\C=C1/C(=O)N(CCCCCC(=O)O)C(=O)N(CCCS(=O)(=O)O)C1=O. The van der Waals surface area contributed by atoms with Gasteiger partial charge in [-0.3, -0.25) is 28.7 Å². The fraction of sp³-hybridized carbons (Fsp3) is 0.500. The fourth-order valence-electron chi connectivity index (χ4n) is 5.03. The number of carbonyl (C=O) groups excluding carboxylic acids is 3. The molecule has 1 fully saturated rings. The largest absolute Gasteiger partial charge is 0.481 e. The van der Waals surface area contributed by atoms with Crippen LogP contribution in [0.4, 0.5) is 10.5 Å². The summed E-state index contributed by atoms with van der Waals surface area (Å²) in [5.74, 6) is -1.97. The maximum absolute atomic E-state index is 13.5. The predicted octanol–water partition coefficient (Wildman–Crippen LogP) is 4.88. The molecule has 3 rings (SSSR count). The van der Waals surface area contributed by atoms with E-state index in [0.29, 0.717) is 36.3 Å². The quantitative estimate of drug-likeness (QED) is 0.123. The fourth-order valence-corrected chi connectivity index (χ4v) is 5.53. The Kier molecular flexibility index (Phi) is 11.7. The minimum Gasteiger partial charge on any atom is -0.481 e. The number of unbranched alkanes of at least 4 members (excludes halogenated alkanes) is 2. The van der Waals surface area contributed by atoms with Gasteiger partial charge in [0, 0.05) is 55.3 Å². The second-order valence-electron chi connectivity index (χ2n) is 12.0. The number of ether oxygens (including phenoxy) is 1. The van der Waals surface area contributed by atoms with E-state index in [0.717, 1.165) is 34.1 Å². The highest BCUT2D eigenvalue weighted by Crippen LogP contribution is 2.41. The summed E-state index contributed by atoms with van der Waals surface area (Å²) in [6, 6.07) is 4.96. The summed E-state index contributed by atoms with van der Waals surface area (Å²) in [6.45, 7) is 11.4. The lowest BCUT2D eigenvalue weighted by Gasteiger charge is -2.34. The molecule has 0 bridgehead atoms. The number of allylic oxidation sites excluding steroid dienone is 5. The molecule has 4 amide bonds. The van der Waals surface area contributed by atoms with Gasteiger partial charge in [-0.15, -0.1) is 0 Å². The lowest BCUT2D eigenvalue weighted by atomic mass is 9.89. The van der Waals surface area contributed by atoms with Crippen LogP contribution in [0.1, 0.15) is 72.3 Å². The molecule has 13 heteroatoms. The number of carbonyl (C=O) groups is 4. The van der Waals surface area contributed by atoms with E-state index < -0.39 is 39.7 Å². The number of hydrogen-bond donors (Lipinski definition) is 2. The third kappa shape index (κ3) is 9.27. The van der Waals surface area contributed by atoms with E-state index >= 15 is 0 Å². The van der Waals surface area contributed by atoms with Crippen molar-refractivity contribution in [3.63, 3.8) is 0 Å². The van der Waals surface area contributed by atoms with Crippen LogP contribution in [0.5, 0.6) is 5.75 Å². The number of carboxylic acid groups (broad SMARTS) is 1. The van der Waals surface area contributed by atoms with Crippen molar-refractivity contribution in [2.24, 2.45) is 5.41 Å². The number of amides is 4. The molecule has 0 radical (unpaired) electrons. The summed E-state index contributed by atoms with van der Waals surface area (Å²) < 4.78 is 38.0. The van der Waals surface area contributed by atoms with Gasteiger partial charge in [-0.1, -0.05) is 33.3 Å². The zero-order valence-electron chi connectivity index (χ0n) is 26.5. The first-order chi connectivity index (χ1) is 21.1. The first-order valence-electron chi connectivity index (χ1n) is 15.1. The van der Waals surface area contributed by atoms with Gasteiger partial charge in [-0.25, -0.2) is 4.79 Å². The Hall–Kier alpha value is -3.97. The van der Waals surface area contributed by atoms with Gasteiger partial charge in [-0.05, 0) is 63.0 Å². The molecular weight excluding hydrogens is 602 g/mol. The number of carboxylic acids is 1. The topological polar surface area (TPSA) is 162 Å². The van der Waals surface area contributed by atoms with E-state index in [9.17, 15) is 27.6 Å². The Morgan fingerprint density at radius 3 is 2.13 bits per heavy atom. The Balaban J connectivity index is 2.02. The van der Waals surface area contributed by atoms with Crippen LogP contribution in [0.25, 0.3) is 5.57 Å². The number of barbiturate groups is 1. The average molecular weight is 646 g/mol. The van der Waals surface area contributed by atoms with E-state index in [1.165, 1.54) is 6.08 Å². The third-order valence-electron chi connectivity index (χ3n) is 7.55. The van der Waals surface area contributed by atoms with Gasteiger partial charge in [0.05, 0.1) is 5.75 Å². The minimum atomic E-state index is -4.33. The maximum Gasteiger partial charge on any atom is 0.333 e. The van der Waals surface area contributed by atoms with Crippen LogP contribution >= 0.6 is 0 Å². The zero-order chi connectivity index (χ0) is 33.5. The van der Waals surface area contributed by atoms with Crippen LogP contribution in [0.15, 0.2) is 47.8 Å². The normalized spacial score (nSPS) is 17.5. The molecule has 1 saturated heterocycles. The van der Waals surface area contributed by atoms with Crippen molar-refractivity contribution in [1.29, 1.82) is 0 Å². The standard InChI is InChI=1S/C32H43N3O9S/c1-6-33(7-2)23-14-16-24-22(20-27(32(3,4)5)44-26(24)21-23)13-15-25-29(38)34(17-10-8-9-12-28(36)37)31(40)35(30(25)39)18-11-19-45(41,42)43/h13-16,20-21H,6-12,17-19H2,1-5H3,(H,36,37)(H,41,42,43)/b22-13+,25-15+. The number of aliphatic carboxylic acids is 1. The second kappa shape index (κ2) is 14.9. The number of nitrogens with zero attached hydrogens (tertiary/aromatic N) is 3. The van der Waals surface area contributed by atoms with Gasteiger partial charge in [0.25, 0.3) is 21.9 Å². The third-order valence-corrected chi connectivity index (χ3v) is 8.35. The molecule has 2 aliphatic rings. The molecule has 2 aliphatic heterocycles. The van der Waals surface area contributed by atoms with Gasteiger partial charge in [0.15, 0.2) is 0 Å². The summed E-state index contributed by atoms with van der Waals surface area (Å²) in [6.07, 6.45) is 5.70. The Morgan fingerprint density at radius 1 is 0.956 bits per heavy atom. The lowest BCUT2D eigenvalue weighted by Crippen LogP contribution is -2.56. The molecule has 1 aromatic rings. The molecular formula is C32H43N3O9S. The average Bonchev–Trinajstić information content (AvgIpc) is 2.95. The van der Waals surface area contributed by atoms with E-state index in [4.69, 9.17) is 14.4 Å². The molecule has 0 aromatic heterocycles. The zero-order valence-corrected chi connectivity index (χ0v) is 27.4. The summed E-state index contributed by atoms with van der Waals surface area (Å²) in [5, 5.41) is 8.88. The molecule has 0 spiro atoms. The molecule has 0 unspecified atom stereocenters. The van der Waals surface area contributed by atoms with Crippen LogP contribution in [0, 0.1) is 5.41 Å². The van der Waals surface area contributed by atoms with Crippen molar-refractivity contribution in [3.8, 4) is 5.75 Å². The summed E-state index contributed by atoms with van der Waals surface area (Å²) in [7, 11) is -4.33. The van der Waals surface area contributed by atoms with E-state index in [1.807, 2.05) is 45.0 Å². The Bertz CT molecular complexity index is 1520. The Labute approximate surface area is 264 Å². The number of fused-ring (bicyclic) bond motifs is 1. The molecule has 1 aromatic carbocycles. The first-order valence-corrected chi connectivity index (χ1v) is 16.7. The molecule has 0 atom stereocenters. The highest BCUT2D eigenvalue weighted by atomic mass is 32.2. The van der Waals surface area contributed by atoms with E-state index in [1.54, 1.807) is 6.08 Å². The van der Waals surface area contributed by atoms with E-state index in [2.05, 4.69) is 18.7 Å². The number of rotatable bonds is 14. The van der Waals surface area contributed by atoms with Gasteiger partial charge >= 0.3 is 12.0 Å². The van der Waals surface area contributed by atoms with Crippen molar-refractivity contribution >= 4 is 45.2 Å². The highest BCUT2D eigenvalue weighted by molar-refractivity contribution is 7.85. The van der Waals surface area contributed by atoms with Crippen LogP contribution in [0.3, 0.4) is 0 Å². The molecule has 0 aliphatic carbocycles. The van der Waals surface area contributed by atoms with E-state index in [-0.39, 0.29) is 36.9 Å². The summed E-state index contributed by atoms with van der Waals surface area (Å²) in [5.41, 5.74) is 1.79. The van der Waals surface area contributed by atoms with Crippen molar-refractivity contribution in [2.45, 2.75) is 66.7 Å². The van der Waals surface area contributed by atoms with Crippen molar-refractivity contribution in [1.82, 2.24) is 9.80 Å². The second-order valence-corrected chi connectivity index (χ2v) is 13.5. The minimum absolute atomic E-state index is 0.0491. The molecule has 2 heterocycles. The van der Waals surface area contributed by atoms with Crippen LogP contribution in [-0.2, 0) is 24.5 Å². The van der Waals surface area contributed by atoms with Gasteiger partial charge in [-0.2, -0.15) is 8.42 Å². The van der Waals surface area contributed by atoms with Gasteiger partial charge in [0.2, 0.25) is 0 Å². The van der Waals surface area contributed by atoms with Crippen LogP contribution < -0.4 is 9.64 Å². The van der Waals surface area contributed by atoms with Crippen molar-refractivity contribution < 1.29 is 42.0 Å². The lowest BCUT2D eigenvalue weighted by molar-refractivity contribution is -0.138. The number of imide groups is 2. The molecule has 0 saturated carbocycles. The summed E-state index contributed by atoms with van der Waals surface area (Å²) >= 11 is 0. The van der Waals surface area contributed by atoms with Gasteiger partial charge in [0.1, 0.15) is 17.1 Å². The number of anilines is 1. The Morgan fingerprint density at radius 2 is 1.58 bits per heavy atom. The number of hydrogen-bond acceptors (Lipinski definition) is 8. The van der Waals surface area contributed by atoms with Crippen molar-refractivity contribution in [3.05, 3.63) is 53.3 Å². The first kappa shape index (κ1) is 35.5. The molecule has 2 N–H and O–H groups in total. The molecule has 246 valence electrons. The number of benzene rings is 1. The smallest absolute Gasteiger partial charge is 0.333 e. The monoisotopic (exact) mass is 645 g/mol. The molecule has 12 nitrogen and oxygen atoms in total. The van der Waals surface area contributed by atoms with Gasteiger partial charge < -0.3 is 14.7 Å².